The monoisotopic (exact) mass is 337 g/mol. The first kappa shape index (κ1) is 17.3. The van der Waals surface area contributed by atoms with Crippen LogP contribution in [0.2, 0.25) is 0 Å². The summed E-state index contributed by atoms with van der Waals surface area (Å²) in [6.45, 7) is 9.02. The SMILES string of the molecule is Cc1nc(CN(C)[C@H]2CCN([C@H](C)C(=O)N3CCOCC3)C2)no1. The summed E-state index contributed by atoms with van der Waals surface area (Å²) in [7, 11) is 2.08. The molecule has 1 amide bonds. The lowest BCUT2D eigenvalue weighted by Gasteiger charge is -2.33. The summed E-state index contributed by atoms with van der Waals surface area (Å²) in [6, 6.07) is 0.331. The number of aryl methyl sites for hydroxylation is 1. The predicted molar refractivity (Wildman–Crippen MR) is 87.3 cm³/mol. The van der Waals surface area contributed by atoms with E-state index >= 15 is 0 Å². The van der Waals surface area contributed by atoms with E-state index in [1.54, 1.807) is 6.92 Å². The molecular formula is C16H27N5O3. The summed E-state index contributed by atoms with van der Waals surface area (Å²) < 4.78 is 10.4. The standard InChI is InChI=1S/C16H27N5O3/c1-12(16(22)20-6-8-23-9-7-20)21-5-4-14(10-21)19(3)11-15-17-13(2)24-18-15/h12,14H,4-11H2,1-3H3/t12-,14+/m1/s1. The van der Waals surface area contributed by atoms with Gasteiger partial charge in [0.15, 0.2) is 5.82 Å². The molecule has 134 valence electrons. The number of aromatic nitrogens is 2. The van der Waals surface area contributed by atoms with Crippen molar-refractivity contribution in [1.82, 2.24) is 24.8 Å². The fourth-order valence-electron chi connectivity index (χ4n) is 3.44. The van der Waals surface area contributed by atoms with Gasteiger partial charge in [-0.2, -0.15) is 4.98 Å². The molecule has 0 bridgehead atoms. The van der Waals surface area contributed by atoms with Gasteiger partial charge in [-0.05, 0) is 20.4 Å². The third kappa shape index (κ3) is 3.93. The van der Waals surface area contributed by atoms with E-state index < -0.39 is 0 Å². The maximum atomic E-state index is 12.6. The maximum Gasteiger partial charge on any atom is 0.239 e. The number of hydrogen-bond donors (Lipinski definition) is 0. The second-order valence-corrected chi connectivity index (χ2v) is 6.70. The highest BCUT2D eigenvalue weighted by molar-refractivity contribution is 5.81. The van der Waals surface area contributed by atoms with Crippen LogP contribution in [0.25, 0.3) is 0 Å². The van der Waals surface area contributed by atoms with E-state index in [2.05, 4.69) is 27.0 Å². The van der Waals surface area contributed by atoms with Crippen molar-refractivity contribution in [2.24, 2.45) is 0 Å². The zero-order valence-corrected chi connectivity index (χ0v) is 14.8. The van der Waals surface area contributed by atoms with Crippen LogP contribution >= 0.6 is 0 Å². The van der Waals surface area contributed by atoms with Crippen LogP contribution in [0, 0.1) is 6.92 Å². The number of carbonyl (C=O) groups excluding carboxylic acids is 1. The fourth-order valence-corrected chi connectivity index (χ4v) is 3.44. The van der Waals surface area contributed by atoms with Crippen molar-refractivity contribution in [1.29, 1.82) is 0 Å². The largest absolute Gasteiger partial charge is 0.378 e. The molecule has 0 radical (unpaired) electrons. The van der Waals surface area contributed by atoms with Crippen LogP contribution in [-0.2, 0) is 16.1 Å². The van der Waals surface area contributed by atoms with E-state index in [1.165, 1.54) is 0 Å². The first-order valence-corrected chi connectivity index (χ1v) is 8.64. The number of rotatable bonds is 5. The summed E-state index contributed by atoms with van der Waals surface area (Å²) in [4.78, 5) is 23.3. The highest BCUT2D eigenvalue weighted by atomic mass is 16.5. The van der Waals surface area contributed by atoms with Crippen LogP contribution in [0.1, 0.15) is 25.1 Å². The van der Waals surface area contributed by atoms with Gasteiger partial charge in [0.05, 0.1) is 25.8 Å². The lowest BCUT2D eigenvalue weighted by atomic mass is 10.2. The Morgan fingerprint density at radius 1 is 1.38 bits per heavy atom. The molecule has 1 aromatic rings. The van der Waals surface area contributed by atoms with E-state index in [9.17, 15) is 4.79 Å². The summed E-state index contributed by atoms with van der Waals surface area (Å²) in [5, 5.41) is 3.96. The van der Waals surface area contributed by atoms with Crippen LogP contribution in [0.15, 0.2) is 4.52 Å². The topological polar surface area (TPSA) is 74.9 Å². The van der Waals surface area contributed by atoms with Gasteiger partial charge in [0.25, 0.3) is 0 Å². The second-order valence-electron chi connectivity index (χ2n) is 6.70. The van der Waals surface area contributed by atoms with Gasteiger partial charge in [-0.25, -0.2) is 0 Å². The second kappa shape index (κ2) is 7.58. The number of hydrogen-bond acceptors (Lipinski definition) is 7. The van der Waals surface area contributed by atoms with Crippen LogP contribution in [0.3, 0.4) is 0 Å². The first-order chi connectivity index (χ1) is 11.5. The Kier molecular flexibility index (Phi) is 5.47. The molecule has 0 N–H and O–H groups in total. The van der Waals surface area contributed by atoms with Gasteiger partial charge in [0.2, 0.25) is 11.8 Å². The molecule has 8 nitrogen and oxygen atoms in total. The van der Waals surface area contributed by atoms with Crippen molar-refractivity contribution in [3.05, 3.63) is 11.7 Å². The van der Waals surface area contributed by atoms with Crippen LogP contribution in [-0.4, -0.2) is 89.3 Å². The zero-order valence-electron chi connectivity index (χ0n) is 14.8. The molecule has 0 spiro atoms. The summed E-state index contributed by atoms with van der Waals surface area (Å²) in [5.74, 6) is 1.53. The Morgan fingerprint density at radius 3 is 2.79 bits per heavy atom. The average molecular weight is 337 g/mol. The van der Waals surface area contributed by atoms with E-state index in [-0.39, 0.29) is 11.9 Å². The lowest BCUT2D eigenvalue weighted by Crippen LogP contribution is -2.50. The van der Waals surface area contributed by atoms with Gasteiger partial charge in [-0.3, -0.25) is 14.6 Å². The number of likely N-dealkylation sites (tertiary alicyclic amines) is 1. The molecule has 2 saturated heterocycles. The minimum atomic E-state index is -0.0751. The summed E-state index contributed by atoms with van der Waals surface area (Å²) in [5.41, 5.74) is 0. The van der Waals surface area contributed by atoms with Crippen LogP contribution in [0.4, 0.5) is 0 Å². The Labute approximate surface area is 142 Å². The molecule has 24 heavy (non-hydrogen) atoms. The number of ether oxygens (including phenoxy) is 1. The van der Waals surface area contributed by atoms with Gasteiger partial charge in [-0.15, -0.1) is 0 Å². The van der Waals surface area contributed by atoms with Crippen LogP contribution in [0.5, 0.6) is 0 Å². The van der Waals surface area contributed by atoms with Gasteiger partial charge in [-0.1, -0.05) is 5.16 Å². The quantitative estimate of drug-likeness (QED) is 0.756. The van der Waals surface area contributed by atoms with E-state index in [0.29, 0.717) is 50.6 Å². The summed E-state index contributed by atoms with van der Waals surface area (Å²) in [6.07, 6.45) is 1.05. The van der Waals surface area contributed by atoms with Crippen molar-refractivity contribution in [3.8, 4) is 0 Å². The number of amides is 1. The Balaban J connectivity index is 1.51. The maximum absolute atomic E-state index is 12.6. The molecular weight excluding hydrogens is 310 g/mol. The van der Waals surface area contributed by atoms with Crippen molar-refractivity contribution < 1.29 is 14.1 Å². The average Bonchev–Trinajstić information content (AvgIpc) is 3.23. The third-order valence-electron chi connectivity index (χ3n) is 5.01. The van der Waals surface area contributed by atoms with E-state index in [1.807, 2.05) is 11.8 Å². The molecule has 0 saturated carbocycles. The molecule has 0 aliphatic carbocycles. The number of nitrogens with zero attached hydrogens (tertiary/aromatic N) is 5. The molecule has 0 unspecified atom stereocenters. The molecule has 2 fully saturated rings. The normalized spacial score (nSPS) is 23.8. The van der Waals surface area contributed by atoms with Crippen molar-refractivity contribution >= 4 is 5.91 Å². The van der Waals surface area contributed by atoms with Gasteiger partial charge < -0.3 is 14.2 Å². The Morgan fingerprint density at radius 2 is 2.12 bits per heavy atom. The molecule has 3 heterocycles. The van der Waals surface area contributed by atoms with Crippen LogP contribution < -0.4 is 0 Å². The van der Waals surface area contributed by atoms with Crippen molar-refractivity contribution in [2.75, 3.05) is 46.4 Å². The highest BCUT2D eigenvalue weighted by Gasteiger charge is 2.34. The third-order valence-corrected chi connectivity index (χ3v) is 5.01. The molecule has 8 heteroatoms. The number of carbonyl (C=O) groups is 1. The number of likely N-dealkylation sites (N-methyl/N-ethyl adjacent to an activating group) is 1. The first-order valence-electron chi connectivity index (χ1n) is 8.64. The summed E-state index contributed by atoms with van der Waals surface area (Å²) >= 11 is 0. The highest BCUT2D eigenvalue weighted by Crippen LogP contribution is 2.19. The lowest BCUT2D eigenvalue weighted by molar-refractivity contribution is -0.140. The Hall–Kier alpha value is -1.51. The molecule has 1 aromatic heterocycles. The van der Waals surface area contributed by atoms with Gasteiger partial charge in [0, 0.05) is 39.1 Å². The van der Waals surface area contributed by atoms with Crippen molar-refractivity contribution in [2.45, 2.75) is 38.9 Å². The molecule has 3 rings (SSSR count). The Bertz CT molecular complexity index is 558. The molecule has 2 aliphatic rings. The smallest absolute Gasteiger partial charge is 0.239 e. The minimum Gasteiger partial charge on any atom is -0.378 e. The van der Waals surface area contributed by atoms with Gasteiger partial charge in [0.1, 0.15) is 0 Å². The fraction of sp³-hybridized carbons (Fsp3) is 0.812. The number of morpholine rings is 1. The minimum absolute atomic E-state index is 0.0751. The predicted octanol–water partition coefficient (Wildman–Crippen LogP) is 0.131. The zero-order chi connectivity index (χ0) is 17.1. The van der Waals surface area contributed by atoms with Gasteiger partial charge >= 0.3 is 0 Å². The van der Waals surface area contributed by atoms with E-state index in [4.69, 9.17) is 9.26 Å². The molecule has 2 atom stereocenters. The molecule has 0 aromatic carbocycles. The van der Waals surface area contributed by atoms with Crippen molar-refractivity contribution in [3.63, 3.8) is 0 Å². The molecule has 2 aliphatic heterocycles. The van der Waals surface area contributed by atoms with E-state index in [0.717, 1.165) is 19.5 Å².